The fourth-order valence-corrected chi connectivity index (χ4v) is 6.86. The third-order valence-corrected chi connectivity index (χ3v) is 9.65. The minimum atomic E-state index is -0.363. The number of fused-ring (bicyclic) bond motifs is 2. The Balaban J connectivity index is 0.000000194. The van der Waals surface area contributed by atoms with Crippen molar-refractivity contribution in [1.29, 1.82) is 0 Å². The Hall–Kier alpha value is -4.16. The van der Waals surface area contributed by atoms with Gasteiger partial charge in [0.25, 0.3) is 0 Å². The van der Waals surface area contributed by atoms with E-state index in [1.54, 1.807) is 38.1 Å². The normalized spacial score (nSPS) is 23.2. The average molecular weight is 695 g/mol. The molecular formula is C38H50N2O10. The lowest BCUT2D eigenvalue weighted by atomic mass is 9.98. The molecule has 4 atom stereocenters. The Morgan fingerprint density at radius 1 is 0.660 bits per heavy atom. The molecule has 2 aromatic carbocycles. The maximum atomic E-state index is 12.9. The summed E-state index contributed by atoms with van der Waals surface area (Å²) in [5.41, 5.74) is 2.76. The van der Waals surface area contributed by atoms with Crippen LogP contribution >= 0.6 is 0 Å². The second-order valence-electron chi connectivity index (χ2n) is 12.9. The van der Waals surface area contributed by atoms with E-state index in [1.165, 1.54) is 0 Å². The van der Waals surface area contributed by atoms with Crippen molar-refractivity contribution in [3.05, 3.63) is 58.7 Å². The molecule has 6 rings (SSSR count). The van der Waals surface area contributed by atoms with Crippen LogP contribution in [0.4, 0.5) is 0 Å². The van der Waals surface area contributed by atoms with E-state index in [0.717, 1.165) is 50.0 Å². The van der Waals surface area contributed by atoms with Crippen molar-refractivity contribution in [3.8, 4) is 11.5 Å². The minimum absolute atomic E-state index is 0.0726. The molecule has 2 amide bonds. The molecule has 2 fully saturated rings. The molecule has 12 heteroatoms. The minimum Gasteiger partial charge on any atom is -0.491 e. The molecule has 0 N–H and O–H groups in total. The summed E-state index contributed by atoms with van der Waals surface area (Å²) < 4.78 is 32.7. The summed E-state index contributed by atoms with van der Waals surface area (Å²) in [6.45, 7) is 12.6. The Morgan fingerprint density at radius 2 is 1.08 bits per heavy atom. The number of hydrogen-bond donors (Lipinski definition) is 0. The molecule has 0 bridgehead atoms. The summed E-state index contributed by atoms with van der Waals surface area (Å²) in [5, 5.41) is 0. The van der Waals surface area contributed by atoms with Crippen molar-refractivity contribution in [1.82, 2.24) is 9.80 Å². The monoisotopic (exact) mass is 694 g/mol. The van der Waals surface area contributed by atoms with Gasteiger partial charge in [0.05, 0.1) is 74.6 Å². The van der Waals surface area contributed by atoms with Crippen LogP contribution in [0.2, 0.25) is 0 Å². The lowest BCUT2D eigenvalue weighted by Gasteiger charge is -2.32. The van der Waals surface area contributed by atoms with Crippen molar-refractivity contribution in [2.45, 2.75) is 65.5 Å². The molecule has 272 valence electrons. The maximum Gasteiger partial charge on any atom is 0.338 e. The highest BCUT2D eigenvalue weighted by atomic mass is 16.5. The first-order valence-corrected chi connectivity index (χ1v) is 17.9. The summed E-state index contributed by atoms with van der Waals surface area (Å²) >= 11 is 0. The van der Waals surface area contributed by atoms with Gasteiger partial charge in [0.1, 0.15) is 24.7 Å². The number of rotatable bonds is 6. The molecule has 50 heavy (non-hydrogen) atoms. The molecule has 0 aromatic heterocycles. The molecule has 0 spiro atoms. The van der Waals surface area contributed by atoms with E-state index in [-0.39, 0.29) is 47.7 Å². The van der Waals surface area contributed by atoms with Crippen molar-refractivity contribution >= 4 is 23.8 Å². The van der Waals surface area contributed by atoms with Gasteiger partial charge in [-0.25, -0.2) is 9.59 Å². The second kappa shape index (κ2) is 17.7. The fourth-order valence-electron chi connectivity index (χ4n) is 6.86. The smallest absolute Gasteiger partial charge is 0.338 e. The van der Waals surface area contributed by atoms with Crippen LogP contribution in [0.3, 0.4) is 0 Å². The van der Waals surface area contributed by atoms with Crippen LogP contribution in [0.25, 0.3) is 0 Å². The molecule has 4 aliphatic rings. The number of carbonyl (C=O) groups excluding carboxylic acids is 4. The van der Waals surface area contributed by atoms with Gasteiger partial charge >= 0.3 is 11.9 Å². The largest absolute Gasteiger partial charge is 0.491 e. The second-order valence-corrected chi connectivity index (χ2v) is 12.9. The molecule has 4 aliphatic heterocycles. The van der Waals surface area contributed by atoms with E-state index >= 15 is 0 Å². The van der Waals surface area contributed by atoms with E-state index in [0.29, 0.717) is 75.4 Å². The van der Waals surface area contributed by atoms with Gasteiger partial charge in [0.2, 0.25) is 11.8 Å². The number of amides is 2. The molecule has 12 nitrogen and oxygen atoms in total. The molecular weight excluding hydrogens is 644 g/mol. The number of esters is 2. The molecule has 4 heterocycles. The fraction of sp³-hybridized carbons (Fsp3) is 0.579. The van der Waals surface area contributed by atoms with Crippen LogP contribution in [0.5, 0.6) is 11.5 Å². The third-order valence-electron chi connectivity index (χ3n) is 9.65. The van der Waals surface area contributed by atoms with Gasteiger partial charge in [-0.1, -0.05) is 12.1 Å². The zero-order valence-electron chi connectivity index (χ0n) is 29.6. The number of benzene rings is 2. The summed E-state index contributed by atoms with van der Waals surface area (Å²) in [4.78, 5) is 53.4. The van der Waals surface area contributed by atoms with Gasteiger partial charge in [-0.05, 0) is 77.6 Å². The van der Waals surface area contributed by atoms with Crippen LogP contribution < -0.4 is 9.47 Å². The van der Waals surface area contributed by atoms with Crippen LogP contribution in [0.15, 0.2) is 36.4 Å². The lowest BCUT2D eigenvalue weighted by molar-refractivity contribution is -0.142. The van der Waals surface area contributed by atoms with Gasteiger partial charge in [0.15, 0.2) is 0 Å². The molecule has 2 unspecified atom stereocenters. The Labute approximate surface area is 294 Å². The SMILES string of the molecule is CCOC(=O)c1ccc2c(c1)OCCN(C(=O)[C@@H]1CCCOC1)C2C.CCOC(=O)c1ccc2c(c1)OCCN(C(=O)[C@H]1CCCOC1)C2C. The predicted molar refractivity (Wildman–Crippen MR) is 183 cm³/mol. The number of ether oxygens (including phenoxy) is 6. The van der Waals surface area contributed by atoms with Crippen LogP contribution in [0.1, 0.15) is 97.3 Å². The van der Waals surface area contributed by atoms with Crippen molar-refractivity contribution < 1.29 is 47.6 Å². The quantitative estimate of drug-likeness (QED) is 0.375. The standard InChI is InChI=1S/2C19H25NO5/c2*1-3-24-19(22)14-6-7-16-13(2)20(8-10-25-17(16)11-14)18(21)15-5-4-9-23-12-15/h2*6-7,11,13,15H,3-5,8-10,12H2,1-2H3/t2*13?,15-/m10/s1. The Kier molecular flexibility index (Phi) is 13.1. The van der Waals surface area contributed by atoms with E-state index in [9.17, 15) is 19.2 Å². The highest BCUT2D eigenvalue weighted by Gasteiger charge is 2.34. The van der Waals surface area contributed by atoms with E-state index in [2.05, 4.69) is 0 Å². The van der Waals surface area contributed by atoms with Crippen LogP contribution in [-0.4, -0.2) is 99.5 Å². The topological polar surface area (TPSA) is 130 Å². The zero-order chi connectivity index (χ0) is 35.6. The molecule has 0 saturated carbocycles. The Bertz CT molecular complexity index is 1390. The van der Waals surface area contributed by atoms with Gasteiger partial charge < -0.3 is 38.2 Å². The van der Waals surface area contributed by atoms with E-state index in [4.69, 9.17) is 28.4 Å². The Morgan fingerprint density at radius 3 is 1.44 bits per heavy atom. The summed E-state index contributed by atoms with van der Waals surface area (Å²) in [6, 6.07) is 10.4. The number of hydrogen-bond acceptors (Lipinski definition) is 10. The summed E-state index contributed by atoms with van der Waals surface area (Å²) in [6.07, 6.45) is 3.60. The van der Waals surface area contributed by atoms with Crippen molar-refractivity contribution in [2.24, 2.45) is 11.8 Å². The lowest BCUT2D eigenvalue weighted by Crippen LogP contribution is -2.41. The maximum absolute atomic E-state index is 12.9. The number of carbonyl (C=O) groups is 4. The molecule has 2 aromatic rings. The van der Waals surface area contributed by atoms with E-state index in [1.807, 2.05) is 35.8 Å². The van der Waals surface area contributed by atoms with Crippen LogP contribution in [-0.2, 0) is 28.5 Å². The van der Waals surface area contributed by atoms with Crippen LogP contribution in [0, 0.1) is 11.8 Å². The first-order valence-electron chi connectivity index (χ1n) is 17.9. The third kappa shape index (κ3) is 8.76. The van der Waals surface area contributed by atoms with Gasteiger partial charge in [-0.3, -0.25) is 9.59 Å². The highest BCUT2D eigenvalue weighted by Crippen LogP contribution is 2.36. The molecule has 0 aliphatic carbocycles. The molecule has 0 radical (unpaired) electrons. The van der Waals surface area contributed by atoms with Crippen molar-refractivity contribution in [3.63, 3.8) is 0 Å². The first-order chi connectivity index (χ1) is 24.2. The summed E-state index contributed by atoms with van der Waals surface area (Å²) in [5.74, 6) is 0.669. The average Bonchev–Trinajstić information content (AvgIpc) is 3.42. The van der Waals surface area contributed by atoms with E-state index < -0.39 is 0 Å². The van der Waals surface area contributed by atoms with Gasteiger partial charge in [-0.2, -0.15) is 0 Å². The van der Waals surface area contributed by atoms with Gasteiger partial charge in [-0.15, -0.1) is 0 Å². The number of nitrogens with zero attached hydrogens (tertiary/aromatic N) is 2. The predicted octanol–water partition coefficient (Wildman–Crippen LogP) is 5.14. The van der Waals surface area contributed by atoms with Gasteiger partial charge in [0, 0.05) is 24.3 Å². The molecule has 2 saturated heterocycles. The highest BCUT2D eigenvalue weighted by molar-refractivity contribution is 5.91. The first kappa shape index (κ1) is 37.1. The van der Waals surface area contributed by atoms with Crippen molar-refractivity contribution in [2.75, 3.05) is 65.9 Å². The summed E-state index contributed by atoms with van der Waals surface area (Å²) in [7, 11) is 0. The zero-order valence-corrected chi connectivity index (χ0v) is 29.6.